The molecule has 0 aromatic heterocycles. The number of hydrogen-bond donors (Lipinski definition) is 3. The van der Waals surface area contributed by atoms with Crippen LogP contribution >= 0.6 is 11.6 Å². The topological polar surface area (TPSA) is 129 Å². The molecule has 0 radical (unpaired) electrons. The van der Waals surface area contributed by atoms with Crippen LogP contribution in [0.25, 0.3) is 0 Å². The fourth-order valence-corrected chi connectivity index (χ4v) is 9.49. The minimum absolute atomic E-state index is 0.0835. The minimum Gasteiger partial charge on any atom is -0.390 e. The van der Waals surface area contributed by atoms with E-state index >= 15 is 0 Å². The lowest BCUT2D eigenvalue weighted by molar-refractivity contribution is -0.0984. The number of nitriles is 1. The van der Waals surface area contributed by atoms with Crippen LogP contribution in [0.15, 0.2) is 35.2 Å². The highest BCUT2D eigenvalue weighted by molar-refractivity contribution is 7.92. The summed E-state index contributed by atoms with van der Waals surface area (Å²) in [6.45, 7) is 2.20. The van der Waals surface area contributed by atoms with E-state index in [9.17, 15) is 31.5 Å². The van der Waals surface area contributed by atoms with Crippen LogP contribution in [0.3, 0.4) is 0 Å². The van der Waals surface area contributed by atoms with Gasteiger partial charge in [0, 0.05) is 36.9 Å². The Balaban J connectivity index is 1.57. The third-order valence-corrected chi connectivity index (χ3v) is 11.7. The minimum atomic E-state index is -4.07. The largest absolute Gasteiger partial charge is 0.390 e. The maximum atomic E-state index is 14.0. The van der Waals surface area contributed by atoms with Gasteiger partial charge in [-0.25, -0.2) is 27.1 Å². The number of hydrogen-bond acceptors (Lipinski definition) is 7. The number of benzene rings is 2. The van der Waals surface area contributed by atoms with Crippen LogP contribution in [0, 0.1) is 52.5 Å². The smallest absolute Gasteiger partial charge is 0.255 e. The summed E-state index contributed by atoms with van der Waals surface area (Å²) in [5.74, 6) is -6.63. The summed E-state index contributed by atoms with van der Waals surface area (Å²) in [4.78, 5) is 18.0. The molecule has 4 unspecified atom stereocenters. The number of sulfone groups is 1. The van der Waals surface area contributed by atoms with Crippen LogP contribution in [0.2, 0.25) is 5.02 Å². The van der Waals surface area contributed by atoms with Gasteiger partial charge in [0.25, 0.3) is 5.91 Å². The fraction of sp³-hybridized carbons (Fsp3) is 0.517. The predicted octanol–water partition coefficient (Wildman–Crippen LogP) is 5.41. The Labute approximate surface area is 248 Å². The molecule has 1 amide bonds. The molecule has 4 rings (SSSR count). The van der Waals surface area contributed by atoms with E-state index in [-0.39, 0.29) is 57.7 Å². The van der Waals surface area contributed by atoms with E-state index in [2.05, 4.69) is 16.9 Å². The molecule has 2 aromatic rings. The second kappa shape index (κ2) is 12.9. The summed E-state index contributed by atoms with van der Waals surface area (Å²) in [5.41, 5.74) is 1.00. The fourth-order valence-electron chi connectivity index (χ4n) is 6.64. The molecule has 0 saturated heterocycles. The van der Waals surface area contributed by atoms with Gasteiger partial charge in [-0.15, -0.1) is 0 Å². The van der Waals surface area contributed by atoms with E-state index in [4.69, 9.17) is 21.7 Å². The molecule has 2 bridgehead atoms. The molecule has 3 N–H and O–H groups in total. The molecule has 2 aliphatic carbocycles. The molecular formula is C29H33ClF3N3O5S. The Kier molecular flexibility index (Phi) is 9.89. The first-order valence-electron chi connectivity index (χ1n) is 13.7. The molecule has 2 saturated carbocycles. The summed E-state index contributed by atoms with van der Waals surface area (Å²) < 4.78 is 68.6. The van der Waals surface area contributed by atoms with E-state index in [1.165, 1.54) is 12.1 Å². The number of anilines is 1. The number of carbonyl (C=O) groups is 1. The van der Waals surface area contributed by atoms with Crippen molar-refractivity contribution in [1.82, 2.24) is 5.48 Å². The molecule has 2 aliphatic rings. The molecule has 8 nitrogen and oxygen atoms in total. The molecule has 2 aromatic carbocycles. The van der Waals surface area contributed by atoms with Crippen molar-refractivity contribution in [3.05, 3.63) is 58.4 Å². The first-order chi connectivity index (χ1) is 19.8. The summed E-state index contributed by atoms with van der Waals surface area (Å²) in [7, 11) is -2.44. The maximum Gasteiger partial charge on any atom is 0.255 e. The molecule has 228 valence electrons. The van der Waals surface area contributed by atoms with Gasteiger partial charge in [-0.2, -0.15) is 5.26 Å². The summed E-state index contributed by atoms with van der Waals surface area (Å²) in [6, 6.07) is 7.02. The van der Waals surface area contributed by atoms with Crippen LogP contribution in [0.4, 0.5) is 18.9 Å². The van der Waals surface area contributed by atoms with E-state index < -0.39 is 44.0 Å². The van der Waals surface area contributed by atoms with Crippen molar-refractivity contribution in [2.45, 2.75) is 61.2 Å². The lowest BCUT2D eigenvalue weighted by atomic mass is 9.67. The average molecular weight is 628 g/mol. The lowest BCUT2D eigenvalue weighted by Gasteiger charge is -2.46. The maximum absolute atomic E-state index is 14.0. The Morgan fingerprint density at radius 3 is 2.38 bits per heavy atom. The Hall–Kier alpha value is -2.69. The summed E-state index contributed by atoms with van der Waals surface area (Å²) in [6.07, 6.45) is 2.51. The number of nitrogens with zero attached hydrogens (tertiary/aromatic N) is 1. The molecule has 13 heteroatoms. The van der Waals surface area contributed by atoms with Crippen LogP contribution in [-0.2, 0) is 14.7 Å². The SMILES string of the molecule is CNOCC(CCC#N)C(C)[C@]1(O)CC2CC[C@H](C1)C2S(=O)(=O)c1cc(C(=O)Nc2cc(F)c(F)c(F)c2)ccc1Cl. The van der Waals surface area contributed by atoms with E-state index in [0.29, 0.717) is 44.4 Å². The van der Waals surface area contributed by atoms with Gasteiger partial charge < -0.3 is 15.3 Å². The Bertz CT molecular complexity index is 1450. The normalized spacial score (nSPS) is 25.0. The zero-order chi connectivity index (χ0) is 30.8. The van der Waals surface area contributed by atoms with Crippen molar-refractivity contribution < 1.29 is 36.3 Å². The molecule has 0 spiro atoms. The predicted molar refractivity (Wildman–Crippen MR) is 150 cm³/mol. The average Bonchev–Trinajstić information content (AvgIpc) is 3.24. The highest BCUT2D eigenvalue weighted by atomic mass is 35.5. The number of fused-ring (bicyclic) bond motifs is 2. The van der Waals surface area contributed by atoms with Crippen LogP contribution in [-0.4, -0.2) is 43.9 Å². The second-order valence-electron chi connectivity index (χ2n) is 11.2. The zero-order valence-corrected chi connectivity index (χ0v) is 24.7. The molecule has 42 heavy (non-hydrogen) atoms. The number of aliphatic hydroxyl groups is 1. The molecule has 0 heterocycles. The van der Waals surface area contributed by atoms with Crippen molar-refractivity contribution in [3.8, 4) is 6.07 Å². The molecular weight excluding hydrogens is 595 g/mol. The van der Waals surface area contributed by atoms with Gasteiger partial charge in [0.2, 0.25) is 0 Å². The number of amides is 1. The summed E-state index contributed by atoms with van der Waals surface area (Å²) >= 11 is 6.34. The van der Waals surface area contributed by atoms with Crippen LogP contribution < -0.4 is 10.8 Å². The van der Waals surface area contributed by atoms with Gasteiger partial charge in [-0.1, -0.05) is 18.5 Å². The lowest BCUT2D eigenvalue weighted by Crippen LogP contribution is -2.51. The number of hydroxylamine groups is 1. The summed E-state index contributed by atoms with van der Waals surface area (Å²) in [5, 5.41) is 22.2. The number of carbonyl (C=O) groups excluding carboxylic acids is 1. The Morgan fingerprint density at radius 1 is 1.19 bits per heavy atom. The molecule has 2 fully saturated rings. The van der Waals surface area contributed by atoms with Crippen LogP contribution in [0.1, 0.15) is 55.8 Å². The van der Waals surface area contributed by atoms with Crippen molar-refractivity contribution >= 4 is 33.0 Å². The number of halogens is 4. The van der Waals surface area contributed by atoms with Crippen molar-refractivity contribution in [3.63, 3.8) is 0 Å². The highest BCUT2D eigenvalue weighted by Crippen LogP contribution is 2.54. The van der Waals surface area contributed by atoms with Gasteiger partial charge >= 0.3 is 0 Å². The van der Waals surface area contributed by atoms with Gasteiger partial charge in [0.05, 0.1) is 33.4 Å². The third-order valence-electron chi connectivity index (χ3n) is 8.79. The van der Waals surface area contributed by atoms with Gasteiger partial charge in [0.15, 0.2) is 27.3 Å². The van der Waals surface area contributed by atoms with Crippen molar-refractivity contribution in [2.75, 3.05) is 19.0 Å². The first-order valence-corrected chi connectivity index (χ1v) is 15.6. The van der Waals surface area contributed by atoms with Gasteiger partial charge in [-0.05, 0) is 74.0 Å². The van der Waals surface area contributed by atoms with Crippen LogP contribution in [0.5, 0.6) is 0 Å². The van der Waals surface area contributed by atoms with Crippen molar-refractivity contribution in [1.29, 1.82) is 5.26 Å². The monoisotopic (exact) mass is 627 g/mol. The zero-order valence-electron chi connectivity index (χ0n) is 23.2. The second-order valence-corrected chi connectivity index (χ2v) is 13.7. The van der Waals surface area contributed by atoms with E-state index in [1.807, 2.05) is 6.92 Å². The molecule has 0 aliphatic heterocycles. The standard InChI is InChI=1S/C29H33ClF3N3O5S/c1-16(20(4-3-9-34)15-41-35-2)29(38)13-18-5-6-19(14-29)27(18)42(39,40)25-10-17(7-8-22(25)30)28(37)36-21-11-23(31)26(33)24(32)12-21/h7-8,10-12,16,18-20,27,35,38H,3-6,13-15H2,1-2H3,(H,36,37)/t16?,18-,19?,20?,27?,29-/m1/s1. The molecule has 6 atom stereocenters. The van der Waals surface area contributed by atoms with Gasteiger partial charge in [0.1, 0.15) is 0 Å². The third kappa shape index (κ3) is 6.45. The van der Waals surface area contributed by atoms with E-state index in [0.717, 1.165) is 6.07 Å². The van der Waals surface area contributed by atoms with E-state index in [1.54, 1.807) is 7.05 Å². The number of nitrogens with one attached hydrogen (secondary N) is 2. The highest BCUT2D eigenvalue weighted by Gasteiger charge is 2.56. The number of rotatable bonds is 11. The van der Waals surface area contributed by atoms with Gasteiger partial charge in [-0.3, -0.25) is 4.79 Å². The first kappa shape index (κ1) is 32.2. The van der Waals surface area contributed by atoms with Crippen molar-refractivity contribution in [2.24, 2.45) is 23.7 Å². The quantitative estimate of drug-likeness (QED) is 0.224. The Morgan fingerprint density at radius 2 is 1.81 bits per heavy atom.